The number of nitrogens with two attached hydrogens (primary N) is 1. The summed E-state index contributed by atoms with van der Waals surface area (Å²) in [6.07, 6.45) is 4.46. The Bertz CT molecular complexity index is 235. The Kier molecular flexibility index (Phi) is 7.96. The first-order valence-electron chi connectivity index (χ1n) is 6.73. The van der Waals surface area contributed by atoms with Gasteiger partial charge in [-0.25, -0.2) is 0 Å². The van der Waals surface area contributed by atoms with Crippen molar-refractivity contribution in [1.82, 2.24) is 0 Å². The molecule has 5 nitrogen and oxygen atoms in total. The summed E-state index contributed by atoms with van der Waals surface area (Å²) in [5.41, 5.74) is 5.85. The van der Waals surface area contributed by atoms with Crippen LogP contribution < -0.4 is 5.73 Å². The summed E-state index contributed by atoms with van der Waals surface area (Å²) in [6.45, 7) is 2.21. The average Bonchev–Trinajstić information content (AvgIpc) is 2.37. The molecule has 0 amide bonds. The van der Waals surface area contributed by atoms with Gasteiger partial charge in [-0.2, -0.15) is 0 Å². The van der Waals surface area contributed by atoms with Crippen molar-refractivity contribution in [1.29, 1.82) is 0 Å². The van der Waals surface area contributed by atoms with Crippen LogP contribution in [-0.2, 0) is 19.0 Å². The molecular formula is C13H25NO4. The molecule has 0 saturated heterocycles. The number of hydrogen-bond acceptors (Lipinski definition) is 5. The van der Waals surface area contributed by atoms with Crippen LogP contribution in [0.5, 0.6) is 0 Å². The summed E-state index contributed by atoms with van der Waals surface area (Å²) in [4.78, 5) is 11.7. The third kappa shape index (κ3) is 6.33. The molecule has 0 radical (unpaired) electrons. The Morgan fingerprint density at radius 3 is 2.78 bits per heavy atom. The fourth-order valence-electron chi connectivity index (χ4n) is 2.14. The molecule has 0 aromatic carbocycles. The van der Waals surface area contributed by atoms with Gasteiger partial charge in [-0.3, -0.25) is 4.79 Å². The molecule has 1 rings (SSSR count). The van der Waals surface area contributed by atoms with E-state index in [1.807, 2.05) is 0 Å². The van der Waals surface area contributed by atoms with Crippen molar-refractivity contribution in [2.24, 2.45) is 11.7 Å². The third-order valence-electron chi connectivity index (χ3n) is 3.16. The second-order valence-corrected chi connectivity index (χ2v) is 4.75. The SMILES string of the molecule is COCCOCCCOC(=O)C1CCCC(N)C1. The summed E-state index contributed by atoms with van der Waals surface area (Å²) in [6, 6.07) is 0.161. The van der Waals surface area contributed by atoms with Crippen LogP contribution >= 0.6 is 0 Å². The molecule has 1 saturated carbocycles. The van der Waals surface area contributed by atoms with Crippen LogP contribution in [0.1, 0.15) is 32.1 Å². The smallest absolute Gasteiger partial charge is 0.308 e. The lowest BCUT2D eigenvalue weighted by Crippen LogP contribution is -2.32. The van der Waals surface area contributed by atoms with Gasteiger partial charge in [-0.15, -0.1) is 0 Å². The Morgan fingerprint density at radius 2 is 2.06 bits per heavy atom. The van der Waals surface area contributed by atoms with Gasteiger partial charge in [0.25, 0.3) is 0 Å². The highest BCUT2D eigenvalue weighted by molar-refractivity contribution is 5.72. The van der Waals surface area contributed by atoms with E-state index < -0.39 is 0 Å². The standard InChI is InChI=1S/C13H25NO4/c1-16-8-9-17-6-3-7-18-13(15)11-4-2-5-12(14)10-11/h11-12H,2-10,14H2,1H3. The normalized spacial score (nSPS) is 23.9. The second-order valence-electron chi connectivity index (χ2n) is 4.75. The van der Waals surface area contributed by atoms with E-state index in [4.69, 9.17) is 19.9 Å². The minimum atomic E-state index is -0.0953. The highest BCUT2D eigenvalue weighted by atomic mass is 16.5. The van der Waals surface area contributed by atoms with Gasteiger partial charge in [0.1, 0.15) is 0 Å². The van der Waals surface area contributed by atoms with E-state index in [1.165, 1.54) is 0 Å². The summed E-state index contributed by atoms with van der Waals surface area (Å²) in [5, 5.41) is 0. The Morgan fingerprint density at radius 1 is 1.22 bits per heavy atom. The predicted molar refractivity (Wildman–Crippen MR) is 68.2 cm³/mol. The zero-order valence-corrected chi connectivity index (χ0v) is 11.2. The van der Waals surface area contributed by atoms with Crippen molar-refractivity contribution in [3.05, 3.63) is 0 Å². The number of carbonyl (C=O) groups is 1. The molecule has 18 heavy (non-hydrogen) atoms. The highest BCUT2D eigenvalue weighted by Crippen LogP contribution is 2.24. The molecule has 1 aliphatic carbocycles. The maximum absolute atomic E-state index is 11.7. The molecule has 2 N–H and O–H groups in total. The molecule has 106 valence electrons. The van der Waals surface area contributed by atoms with Crippen molar-refractivity contribution in [2.75, 3.05) is 33.5 Å². The monoisotopic (exact) mass is 259 g/mol. The van der Waals surface area contributed by atoms with Crippen LogP contribution in [0.4, 0.5) is 0 Å². The Balaban J connectivity index is 1.99. The number of esters is 1. The van der Waals surface area contributed by atoms with Gasteiger partial charge in [0.15, 0.2) is 0 Å². The van der Waals surface area contributed by atoms with Gasteiger partial charge in [0.2, 0.25) is 0 Å². The first kappa shape index (κ1) is 15.4. The summed E-state index contributed by atoms with van der Waals surface area (Å²) in [7, 11) is 1.64. The molecule has 0 aromatic heterocycles. The van der Waals surface area contributed by atoms with E-state index in [9.17, 15) is 4.79 Å². The zero-order chi connectivity index (χ0) is 13.2. The number of carbonyl (C=O) groups excluding carboxylic acids is 1. The molecule has 0 spiro atoms. The van der Waals surface area contributed by atoms with Gasteiger partial charge in [-0.05, 0) is 19.3 Å². The molecule has 0 heterocycles. The lowest BCUT2D eigenvalue weighted by molar-refractivity contribution is -0.150. The van der Waals surface area contributed by atoms with E-state index in [2.05, 4.69) is 0 Å². The zero-order valence-electron chi connectivity index (χ0n) is 11.2. The minimum absolute atomic E-state index is 0.00293. The summed E-state index contributed by atoms with van der Waals surface area (Å²) >= 11 is 0. The predicted octanol–water partition coefficient (Wildman–Crippen LogP) is 1.10. The molecule has 2 atom stereocenters. The Hall–Kier alpha value is -0.650. The fourth-order valence-corrected chi connectivity index (χ4v) is 2.14. The van der Waals surface area contributed by atoms with Crippen molar-refractivity contribution in [3.8, 4) is 0 Å². The summed E-state index contributed by atoms with van der Waals surface area (Å²) in [5.74, 6) is -0.0924. The van der Waals surface area contributed by atoms with E-state index in [0.29, 0.717) is 26.4 Å². The number of rotatable bonds is 8. The number of methoxy groups -OCH3 is 1. The van der Waals surface area contributed by atoms with Crippen molar-refractivity contribution >= 4 is 5.97 Å². The van der Waals surface area contributed by atoms with Crippen molar-refractivity contribution in [3.63, 3.8) is 0 Å². The molecule has 1 fully saturated rings. The maximum atomic E-state index is 11.7. The van der Waals surface area contributed by atoms with Crippen LogP contribution in [0.2, 0.25) is 0 Å². The molecular weight excluding hydrogens is 234 g/mol. The first-order chi connectivity index (χ1) is 8.74. The topological polar surface area (TPSA) is 70.8 Å². The van der Waals surface area contributed by atoms with Crippen molar-refractivity contribution < 1.29 is 19.0 Å². The molecule has 0 bridgehead atoms. The Labute approximate surface area is 109 Å². The summed E-state index contributed by atoms with van der Waals surface area (Å²) < 4.78 is 15.4. The molecule has 2 unspecified atom stereocenters. The molecule has 1 aliphatic rings. The van der Waals surface area contributed by atoms with Crippen LogP contribution in [0.15, 0.2) is 0 Å². The largest absolute Gasteiger partial charge is 0.465 e. The number of hydrogen-bond donors (Lipinski definition) is 1. The van der Waals surface area contributed by atoms with Crippen LogP contribution in [-0.4, -0.2) is 45.5 Å². The van der Waals surface area contributed by atoms with Crippen LogP contribution in [0.25, 0.3) is 0 Å². The quantitative estimate of drug-likeness (QED) is 0.522. The lowest BCUT2D eigenvalue weighted by Gasteiger charge is -2.24. The third-order valence-corrected chi connectivity index (χ3v) is 3.16. The maximum Gasteiger partial charge on any atom is 0.308 e. The second kappa shape index (κ2) is 9.30. The molecule has 0 aliphatic heterocycles. The molecule has 0 aromatic rings. The van der Waals surface area contributed by atoms with Gasteiger partial charge < -0.3 is 19.9 Å². The van der Waals surface area contributed by atoms with Gasteiger partial charge in [0.05, 0.1) is 25.7 Å². The average molecular weight is 259 g/mol. The van der Waals surface area contributed by atoms with Gasteiger partial charge in [0, 0.05) is 26.2 Å². The number of ether oxygens (including phenoxy) is 3. The van der Waals surface area contributed by atoms with Gasteiger partial charge >= 0.3 is 5.97 Å². The first-order valence-corrected chi connectivity index (χ1v) is 6.73. The minimum Gasteiger partial charge on any atom is -0.465 e. The van der Waals surface area contributed by atoms with E-state index in [1.54, 1.807) is 7.11 Å². The fraction of sp³-hybridized carbons (Fsp3) is 0.923. The lowest BCUT2D eigenvalue weighted by atomic mass is 9.86. The van der Waals surface area contributed by atoms with E-state index in [0.717, 1.165) is 32.1 Å². The van der Waals surface area contributed by atoms with Gasteiger partial charge in [-0.1, -0.05) is 6.42 Å². The van der Waals surface area contributed by atoms with Crippen LogP contribution in [0.3, 0.4) is 0 Å². The highest BCUT2D eigenvalue weighted by Gasteiger charge is 2.26. The van der Waals surface area contributed by atoms with Crippen molar-refractivity contribution in [2.45, 2.75) is 38.1 Å². The molecule has 5 heteroatoms. The van der Waals surface area contributed by atoms with E-state index >= 15 is 0 Å². The van der Waals surface area contributed by atoms with E-state index in [-0.39, 0.29) is 17.9 Å². The van der Waals surface area contributed by atoms with Crippen LogP contribution in [0, 0.1) is 5.92 Å².